The minimum Gasteiger partial charge on any atom is -0.497 e. The van der Waals surface area contributed by atoms with E-state index in [2.05, 4.69) is 10.3 Å². The molecule has 2 rings (SSSR count). The minimum absolute atomic E-state index is 0.451. The van der Waals surface area contributed by atoms with Crippen LogP contribution in [0.2, 0.25) is 0 Å². The maximum Gasteiger partial charge on any atom is 0.149 e. The quantitative estimate of drug-likeness (QED) is 0.873. The maximum absolute atomic E-state index is 8.73. The first-order chi connectivity index (χ1) is 9.22. The van der Waals surface area contributed by atoms with Crippen molar-refractivity contribution in [1.29, 1.82) is 5.26 Å². The van der Waals surface area contributed by atoms with E-state index in [1.807, 2.05) is 30.3 Å². The number of anilines is 2. The summed E-state index contributed by atoms with van der Waals surface area (Å²) in [5, 5.41) is 11.9. The number of hydrogen-bond donors (Lipinski definition) is 2. The van der Waals surface area contributed by atoms with Gasteiger partial charge < -0.3 is 15.8 Å². The number of nitrogens with one attached hydrogen (secondary N) is 1. The standard InChI is InChI=1S/C14H14N4O/c1-19-12-4-2-10(3-5-12)8-17-14-13(16)6-11(7-15)9-18-14/h2-6,9H,8,16H2,1H3,(H,17,18). The van der Waals surface area contributed by atoms with Crippen LogP contribution in [0.5, 0.6) is 5.75 Å². The highest BCUT2D eigenvalue weighted by Gasteiger charge is 2.02. The molecule has 1 heterocycles. The van der Waals surface area contributed by atoms with Crippen molar-refractivity contribution in [1.82, 2.24) is 4.98 Å². The van der Waals surface area contributed by atoms with Crippen molar-refractivity contribution < 1.29 is 4.74 Å². The Morgan fingerprint density at radius 1 is 1.37 bits per heavy atom. The summed E-state index contributed by atoms with van der Waals surface area (Å²) in [5.74, 6) is 1.40. The molecule has 0 saturated heterocycles. The summed E-state index contributed by atoms with van der Waals surface area (Å²) in [5.41, 5.74) is 7.82. The Kier molecular flexibility index (Phi) is 3.84. The van der Waals surface area contributed by atoms with Crippen LogP contribution < -0.4 is 15.8 Å². The number of benzene rings is 1. The van der Waals surface area contributed by atoms with Gasteiger partial charge >= 0.3 is 0 Å². The topological polar surface area (TPSA) is 84.0 Å². The zero-order valence-electron chi connectivity index (χ0n) is 10.6. The lowest BCUT2D eigenvalue weighted by Gasteiger charge is -2.08. The zero-order chi connectivity index (χ0) is 13.7. The number of nitrogen functional groups attached to an aromatic ring is 1. The van der Waals surface area contributed by atoms with Crippen LogP contribution >= 0.6 is 0 Å². The zero-order valence-corrected chi connectivity index (χ0v) is 10.6. The Morgan fingerprint density at radius 2 is 2.11 bits per heavy atom. The number of rotatable bonds is 4. The second-order valence-corrected chi connectivity index (χ2v) is 3.98. The summed E-state index contributed by atoms with van der Waals surface area (Å²) in [4.78, 5) is 4.11. The molecule has 0 spiro atoms. The Hall–Kier alpha value is -2.74. The molecule has 0 fully saturated rings. The SMILES string of the molecule is COc1ccc(CNc2ncc(C#N)cc2N)cc1. The van der Waals surface area contributed by atoms with Gasteiger partial charge in [-0.15, -0.1) is 0 Å². The maximum atomic E-state index is 8.73. The predicted octanol–water partition coefficient (Wildman–Crippen LogP) is 2.16. The van der Waals surface area contributed by atoms with Gasteiger partial charge in [-0.1, -0.05) is 12.1 Å². The summed E-state index contributed by atoms with van der Waals surface area (Å²) in [6, 6.07) is 11.3. The average molecular weight is 254 g/mol. The van der Waals surface area contributed by atoms with Crippen molar-refractivity contribution in [2.45, 2.75) is 6.54 Å². The van der Waals surface area contributed by atoms with Crippen molar-refractivity contribution in [2.24, 2.45) is 0 Å². The fraction of sp³-hybridized carbons (Fsp3) is 0.143. The molecule has 0 unspecified atom stereocenters. The van der Waals surface area contributed by atoms with Crippen molar-refractivity contribution in [3.8, 4) is 11.8 Å². The van der Waals surface area contributed by atoms with E-state index in [-0.39, 0.29) is 0 Å². The molecule has 5 nitrogen and oxygen atoms in total. The molecule has 3 N–H and O–H groups in total. The molecule has 0 aliphatic heterocycles. The highest BCUT2D eigenvalue weighted by atomic mass is 16.5. The van der Waals surface area contributed by atoms with E-state index in [1.54, 1.807) is 13.2 Å². The summed E-state index contributed by atoms with van der Waals surface area (Å²) in [7, 11) is 1.63. The average Bonchev–Trinajstić information content (AvgIpc) is 2.46. The Morgan fingerprint density at radius 3 is 2.68 bits per heavy atom. The van der Waals surface area contributed by atoms with E-state index in [9.17, 15) is 0 Å². The van der Waals surface area contributed by atoms with Crippen LogP contribution in [0.1, 0.15) is 11.1 Å². The van der Waals surface area contributed by atoms with Crippen LogP contribution in [-0.4, -0.2) is 12.1 Å². The molecule has 0 saturated carbocycles. The largest absolute Gasteiger partial charge is 0.497 e. The van der Waals surface area contributed by atoms with Crippen molar-refractivity contribution in [3.05, 3.63) is 47.7 Å². The van der Waals surface area contributed by atoms with E-state index in [0.29, 0.717) is 23.6 Å². The van der Waals surface area contributed by atoms with Crippen molar-refractivity contribution >= 4 is 11.5 Å². The normalized spacial score (nSPS) is 9.68. The molecule has 96 valence electrons. The minimum atomic E-state index is 0.451. The lowest BCUT2D eigenvalue weighted by molar-refractivity contribution is 0.414. The van der Waals surface area contributed by atoms with Crippen LogP contribution in [0, 0.1) is 11.3 Å². The summed E-state index contributed by atoms with van der Waals surface area (Å²) in [6.07, 6.45) is 1.49. The monoisotopic (exact) mass is 254 g/mol. The summed E-state index contributed by atoms with van der Waals surface area (Å²) >= 11 is 0. The lowest BCUT2D eigenvalue weighted by Crippen LogP contribution is -2.04. The lowest BCUT2D eigenvalue weighted by atomic mass is 10.2. The number of methoxy groups -OCH3 is 1. The molecule has 0 atom stereocenters. The van der Waals surface area contributed by atoms with E-state index in [0.717, 1.165) is 11.3 Å². The highest BCUT2D eigenvalue weighted by Crippen LogP contribution is 2.17. The molecule has 0 aliphatic carbocycles. The first-order valence-corrected chi connectivity index (χ1v) is 5.75. The molecule has 19 heavy (non-hydrogen) atoms. The molecule has 1 aromatic heterocycles. The second-order valence-electron chi connectivity index (χ2n) is 3.98. The summed E-state index contributed by atoms with van der Waals surface area (Å²) in [6.45, 7) is 0.604. The number of pyridine rings is 1. The molecular weight excluding hydrogens is 240 g/mol. The van der Waals surface area contributed by atoms with Crippen LogP contribution in [0.4, 0.5) is 11.5 Å². The molecule has 0 amide bonds. The van der Waals surface area contributed by atoms with Gasteiger partial charge in [-0.3, -0.25) is 0 Å². The third-order valence-electron chi connectivity index (χ3n) is 2.67. The van der Waals surface area contributed by atoms with Crippen molar-refractivity contribution in [2.75, 3.05) is 18.2 Å². The Bertz CT molecular complexity index is 602. The first-order valence-electron chi connectivity index (χ1n) is 5.75. The van der Waals surface area contributed by atoms with Gasteiger partial charge in [0.15, 0.2) is 0 Å². The van der Waals surface area contributed by atoms with Gasteiger partial charge in [0.1, 0.15) is 17.6 Å². The Balaban J connectivity index is 2.04. The van der Waals surface area contributed by atoms with Gasteiger partial charge in [-0.05, 0) is 23.8 Å². The fourth-order valence-corrected chi connectivity index (χ4v) is 1.62. The third kappa shape index (κ3) is 3.13. The van der Waals surface area contributed by atoms with E-state index >= 15 is 0 Å². The van der Waals surface area contributed by atoms with Crippen LogP contribution in [0.25, 0.3) is 0 Å². The van der Waals surface area contributed by atoms with Crippen LogP contribution in [0.15, 0.2) is 36.5 Å². The van der Waals surface area contributed by atoms with Crippen LogP contribution in [0.3, 0.4) is 0 Å². The number of nitriles is 1. The van der Waals surface area contributed by atoms with Gasteiger partial charge in [0.05, 0.1) is 18.4 Å². The number of aromatic nitrogens is 1. The van der Waals surface area contributed by atoms with Gasteiger partial charge in [0.25, 0.3) is 0 Å². The molecule has 0 aliphatic rings. The molecule has 1 aromatic carbocycles. The Labute approximate surface area is 111 Å². The smallest absolute Gasteiger partial charge is 0.149 e. The van der Waals surface area contributed by atoms with Gasteiger partial charge in [-0.2, -0.15) is 5.26 Å². The third-order valence-corrected chi connectivity index (χ3v) is 2.67. The molecular formula is C14H14N4O. The number of ether oxygens (including phenoxy) is 1. The van der Waals surface area contributed by atoms with E-state index < -0.39 is 0 Å². The number of nitrogens with two attached hydrogens (primary N) is 1. The second kappa shape index (κ2) is 5.74. The van der Waals surface area contributed by atoms with Gasteiger partial charge in [0, 0.05) is 12.7 Å². The van der Waals surface area contributed by atoms with Gasteiger partial charge in [0.2, 0.25) is 0 Å². The number of nitrogens with zero attached hydrogens (tertiary/aromatic N) is 2. The highest BCUT2D eigenvalue weighted by molar-refractivity contribution is 5.63. The summed E-state index contributed by atoms with van der Waals surface area (Å²) < 4.78 is 5.09. The fourth-order valence-electron chi connectivity index (χ4n) is 1.62. The van der Waals surface area contributed by atoms with E-state index in [4.69, 9.17) is 15.7 Å². The molecule has 2 aromatic rings. The molecule has 5 heteroatoms. The predicted molar refractivity (Wildman–Crippen MR) is 73.7 cm³/mol. The first kappa shape index (κ1) is 12.7. The molecule has 0 radical (unpaired) electrons. The molecule has 0 bridgehead atoms. The van der Waals surface area contributed by atoms with Gasteiger partial charge in [-0.25, -0.2) is 4.98 Å². The van der Waals surface area contributed by atoms with Crippen molar-refractivity contribution in [3.63, 3.8) is 0 Å². The van der Waals surface area contributed by atoms with E-state index in [1.165, 1.54) is 6.20 Å². The van der Waals surface area contributed by atoms with Crippen LogP contribution in [-0.2, 0) is 6.54 Å². The number of hydrogen-bond acceptors (Lipinski definition) is 5.